The summed E-state index contributed by atoms with van der Waals surface area (Å²) in [7, 11) is -1.17. The van der Waals surface area contributed by atoms with Crippen LogP contribution in [0.4, 0.5) is 5.69 Å². The molecule has 2 N–H and O–H groups in total. The Labute approximate surface area is 119 Å². The van der Waals surface area contributed by atoms with Gasteiger partial charge in [0.2, 0.25) is 0 Å². The SMILES string of the molecule is Nc1ccc(Cl)c(S(=O)Cc2ccc(Br)s2)c1. The molecule has 0 aliphatic rings. The smallest absolute Gasteiger partial charge is 0.0701 e. The molecule has 1 heterocycles. The van der Waals surface area contributed by atoms with Crippen LogP contribution in [0.3, 0.4) is 0 Å². The second kappa shape index (κ2) is 5.52. The summed E-state index contributed by atoms with van der Waals surface area (Å²) in [5, 5.41) is 0.494. The first kappa shape index (κ1) is 13.1. The Balaban J connectivity index is 2.22. The summed E-state index contributed by atoms with van der Waals surface area (Å²) >= 11 is 11.0. The highest BCUT2D eigenvalue weighted by Crippen LogP contribution is 2.27. The number of nitrogen functional groups attached to an aromatic ring is 1. The van der Waals surface area contributed by atoms with Crippen molar-refractivity contribution in [3.8, 4) is 0 Å². The van der Waals surface area contributed by atoms with E-state index in [4.69, 9.17) is 17.3 Å². The van der Waals surface area contributed by atoms with Crippen molar-refractivity contribution in [3.05, 3.63) is 44.0 Å². The highest BCUT2D eigenvalue weighted by atomic mass is 79.9. The minimum absolute atomic E-state index is 0.458. The van der Waals surface area contributed by atoms with Crippen molar-refractivity contribution in [2.45, 2.75) is 10.6 Å². The lowest BCUT2D eigenvalue weighted by atomic mass is 10.3. The average molecular weight is 351 g/mol. The van der Waals surface area contributed by atoms with E-state index in [1.807, 2.05) is 12.1 Å². The van der Waals surface area contributed by atoms with Crippen molar-refractivity contribution in [2.75, 3.05) is 5.73 Å². The maximum Gasteiger partial charge on any atom is 0.0701 e. The molecule has 1 unspecified atom stereocenters. The molecule has 0 saturated carbocycles. The van der Waals surface area contributed by atoms with E-state index in [2.05, 4.69) is 15.9 Å². The Morgan fingerprint density at radius 3 is 2.76 bits per heavy atom. The molecular formula is C11H9BrClNOS2. The normalized spacial score (nSPS) is 12.6. The van der Waals surface area contributed by atoms with Gasteiger partial charge in [0, 0.05) is 10.6 Å². The highest BCUT2D eigenvalue weighted by Gasteiger charge is 2.11. The molecule has 0 spiro atoms. The van der Waals surface area contributed by atoms with E-state index < -0.39 is 10.8 Å². The fraction of sp³-hybridized carbons (Fsp3) is 0.0909. The first-order valence-electron chi connectivity index (χ1n) is 4.74. The Morgan fingerprint density at radius 1 is 1.35 bits per heavy atom. The van der Waals surface area contributed by atoms with E-state index in [-0.39, 0.29) is 0 Å². The summed E-state index contributed by atoms with van der Waals surface area (Å²) in [6.07, 6.45) is 0. The van der Waals surface area contributed by atoms with Crippen LogP contribution in [-0.2, 0) is 16.6 Å². The highest BCUT2D eigenvalue weighted by molar-refractivity contribution is 9.11. The Kier molecular flexibility index (Phi) is 4.25. The van der Waals surface area contributed by atoms with Crippen LogP contribution in [0.25, 0.3) is 0 Å². The molecule has 2 rings (SSSR count). The molecule has 0 amide bonds. The third kappa shape index (κ3) is 3.31. The van der Waals surface area contributed by atoms with Crippen LogP contribution in [0.1, 0.15) is 4.88 Å². The predicted molar refractivity (Wildman–Crippen MR) is 78.0 cm³/mol. The lowest BCUT2D eigenvalue weighted by molar-refractivity contribution is 0.683. The van der Waals surface area contributed by atoms with E-state index in [9.17, 15) is 4.21 Å². The van der Waals surface area contributed by atoms with Crippen molar-refractivity contribution >= 4 is 55.4 Å². The molecule has 6 heteroatoms. The van der Waals surface area contributed by atoms with Gasteiger partial charge in [0.25, 0.3) is 0 Å². The third-order valence-electron chi connectivity index (χ3n) is 2.10. The van der Waals surface area contributed by atoms with Gasteiger partial charge < -0.3 is 5.73 Å². The summed E-state index contributed by atoms with van der Waals surface area (Å²) in [6.45, 7) is 0. The first-order chi connectivity index (χ1) is 8.06. The van der Waals surface area contributed by atoms with Crippen molar-refractivity contribution in [2.24, 2.45) is 0 Å². The van der Waals surface area contributed by atoms with Crippen LogP contribution in [-0.4, -0.2) is 4.21 Å². The fourth-order valence-corrected chi connectivity index (χ4v) is 4.60. The van der Waals surface area contributed by atoms with Gasteiger partial charge in [-0.3, -0.25) is 4.21 Å². The quantitative estimate of drug-likeness (QED) is 0.848. The monoisotopic (exact) mass is 349 g/mol. The molecule has 1 aromatic heterocycles. The van der Waals surface area contributed by atoms with Crippen LogP contribution in [0.15, 0.2) is 39.0 Å². The lowest BCUT2D eigenvalue weighted by Crippen LogP contribution is -1.97. The van der Waals surface area contributed by atoms with Gasteiger partial charge in [0.15, 0.2) is 0 Å². The average Bonchev–Trinajstić information content (AvgIpc) is 2.67. The van der Waals surface area contributed by atoms with Gasteiger partial charge in [-0.2, -0.15) is 0 Å². The van der Waals surface area contributed by atoms with Crippen LogP contribution >= 0.6 is 38.9 Å². The van der Waals surface area contributed by atoms with Gasteiger partial charge in [0.1, 0.15) is 0 Å². The Bertz CT molecular complexity index is 570. The number of rotatable bonds is 3. The van der Waals surface area contributed by atoms with E-state index in [1.54, 1.807) is 29.5 Å². The largest absolute Gasteiger partial charge is 0.399 e. The van der Waals surface area contributed by atoms with Crippen molar-refractivity contribution < 1.29 is 4.21 Å². The molecule has 0 fully saturated rings. The number of nitrogens with two attached hydrogens (primary N) is 1. The molecule has 0 aliphatic carbocycles. The van der Waals surface area contributed by atoms with Gasteiger partial charge >= 0.3 is 0 Å². The number of halogens is 2. The zero-order valence-electron chi connectivity index (χ0n) is 8.65. The van der Waals surface area contributed by atoms with Gasteiger partial charge in [-0.1, -0.05) is 11.6 Å². The number of hydrogen-bond acceptors (Lipinski definition) is 3. The lowest BCUT2D eigenvalue weighted by Gasteiger charge is -2.04. The Hall–Kier alpha value is -0.360. The molecular weight excluding hydrogens is 342 g/mol. The van der Waals surface area contributed by atoms with Crippen molar-refractivity contribution in [3.63, 3.8) is 0 Å². The van der Waals surface area contributed by atoms with Crippen LogP contribution in [0, 0.1) is 0 Å². The number of hydrogen-bond donors (Lipinski definition) is 1. The summed E-state index contributed by atoms with van der Waals surface area (Å²) in [6, 6.07) is 8.94. The molecule has 2 aromatic rings. The summed E-state index contributed by atoms with van der Waals surface area (Å²) < 4.78 is 13.2. The molecule has 90 valence electrons. The van der Waals surface area contributed by atoms with Crippen molar-refractivity contribution in [1.29, 1.82) is 0 Å². The van der Waals surface area contributed by atoms with E-state index in [1.165, 1.54) is 0 Å². The van der Waals surface area contributed by atoms with Crippen LogP contribution < -0.4 is 5.73 Å². The minimum atomic E-state index is -1.17. The van der Waals surface area contributed by atoms with E-state index in [0.29, 0.717) is 21.4 Å². The molecule has 0 aliphatic heterocycles. The zero-order chi connectivity index (χ0) is 12.4. The maximum atomic E-state index is 12.2. The summed E-state index contributed by atoms with van der Waals surface area (Å²) in [4.78, 5) is 1.64. The van der Waals surface area contributed by atoms with Gasteiger partial charge in [0.05, 0.1) is 30.3 Å². The second-order valence-electron chi connectivity index (χ2n) is 3.39. The molecule has 1 atom stereocenters. The third-order valence-corrected chi connectivity index (χ3v) is 5.75. The molecule has 0 bridgehead atoms. The molecule has 17 heavy (non-hydrogen) atoms. The second-order valence-corrected chi connectivity index (χ2v) is 7.76. The first-order valence-corrected chi connectivity index (χ1v) is 8.04. The van der Waals surface area contributed by atoms with Gasteiger partial charge in [-0.05, 0) is 46.3 Å². The minimum Gasteiger partial charge on any atom is -0.399 e. The van der Waals surface area contributed by atoms with Gasteiger partial charge in [-0.15, -0.1) is 11.3 Å². The molecule has 2 nitrogen and oxygen atoms in total. The maximum absolute atomic E-state index is 12.2. The number of thiophene rings is 1. The van der Waals surface area contributed by atoms with Crippen LogP contribution in [0.5, 0.6) is 0 Å². The standard InChI is InChI=1S/C11H9BrClNOS2/c12-11-4-2-8(16-11)6-17(15)10-5-7(14)1-3-9(10)13/h1-5H,6,14H2. The van der Waals surface area contributed by atoms with Crippen LogP contribution in [0.2, 0.25) is 5.02 Å². The molecule has 0 saturated heterocycles. The summed E-state index contributed by atoms with van der Waals surface area (Å²) in [5.74, 6) is 0.458. The van der Waals surface area contributed by atoms with Crippen molar-refractivity contribution in [1.82, 2.24) is 0 Å². The van der Waals surface area contributed by atoms with E-state index >= 15 is 0 Å². The van der Waals surface area contributed by atoms with E-state index in [0.717, 1.165) is 8.66 Å². The molecule has 0 radical (unpaired) electrons. The van der Waals surface area contributed by atoms with Gasteiger partial charge in [-0.25, -0.2) is 0 Å². The summed E-state index contributed by atoms with van der Waals surface area (Å²) in [5.41, 5.74) is 6.24. The Morgan fingerprint density at radius 2 is 2.12 bits per heavy atom. The fourth-order valence-electron chi connectivity index (χ4n) is 1.33. The molecule has 1 aromatic carbocycles. The topological polar surface area (TPSA) is 43.1 Å². The number of anilines is 1. The zero-order valence-corrected chi connectivity index (χ0v) is 12.6. The number of benzene rings is 1. The predicted octanol–water partition coefficient (Wildman–Crippen LogP) is 4.05.